The minimum Gasteiger partial charge on any atom is -0.497 e. The van der Waals surface area contributed by atoms with Crippen molar-refractivity contribution in [2.75, 3.05) is 19.6 Å². The van der Waals surface area contributed by atoms with Crippen molar-refractivity contribution >= 4 is 23.5 Å². The Morgan fingerprint density at radius 2 is 2.00 bits per heavy atom. The van der Waals surface area contributed by atoms with Crippen LogP contribution in [0.4, 0.5) is 0 Å². The summed E-state index contributed by atoms with van der Waals surface area (Å²) in [7, 11) is 1.58. The molecule has 0 aliphatic carbocycles. The fourth-order valence-electron chi connectivity index (χ4n) is 3.81. The van der Waals surface area contributed by atoms with Gasteiger partial charge in [-0.15, -0.1) is 11.6 Å². The summed E-state index contributed by atoms with van der Waals surface area (Å²) < 4.78 is 10.5. The number of carbonyl (C=O) groups is 2. The Morgan fingerprint density at radius 3 is 2.50 bits per heavy atom. The number of aliphatic hydroxyl groups is 1. The number of likely N-dealkylation sites (tertiary alicyclic amines) is 1. The van der Waals surface area contributed by atoms with E-state index in [9.17, 15) is 14.7 Å². The molecule has 1 aromatic carbocycles. The molecule has 24 heavy (non-hydrogen) atoms. The molecule has 0 radical (unpaired) electrons. The molecule has 1 aromatic rings. The van der Waals surface area contributed by atoms with Gasteiger partial charge >= 0.3 is 5.97 Å². The Bertz CT molecular complexity index is 663. The summed E-state index contributed by atoms with van der Waals surface area (Å²) in [5.74, 6) is -0.337. The number of nitrogens with zero attached hydrogens (tertiary/aromatic N) is 1. The Labute approximate surface area is 145 Å². The van der Waals surface area contributed by atoms with Crippen molar-refractivity contribution < 1.29 is 24.2 Å². The largest absolute Gasteiger partial charge is 0.497 e. The molecule has 1 N–H and O–H groups in total. The van der Waals surface area contributed by atoms with Crippen molar-refractivity contribution in [3.8, 4) is 5.75 Å². The number of benzene rings is 1. The summed E-state index contributed by atoms with van der Waals surface area (Å²) in [5.41, 5.74) is -1.54. The van der Waals surface area contributed by atoms with E-state index in [0.717, 1.165) is 5.56 Å². The number of rotatable bonds is 6. The van der Waals surface area contributed by atoms with Crippen LogP contribution in [0.25, 0.3) is 0 Å². The maximum Gasteiger partial charge on any atom is 0.339 e. The van der Waals surface area contributed by atoms with Crippen LogP contribution in [0, 0.1) is 5.92 Å². The predicted octanol–water partition coefficient (Wildman–Crippen LogP) is 1.33. The van der Waals surface area contributed by atoms with Gasteiger partial charge < -0.3 is 19.5 Å². The summed E-state index contributed by atoms with van der Waals surface area (Å²) in [6.45, 7) is 1.45. The second-order valence-corrected chi connectivity index (χ2v) is 6.70. The zero-order valence-corrected chi connectivity index (χ0v) is 14.4. The van der Waals surface area contributed by atoms with E-state index in [4.69, 9.17) is 21.1 Å². The lowest BCUT2D eigenvalue weighted by atomic mass is 9.71. The van der Waals surface area contributed by atoms with E-state index >= 15 is 0 Å². The molecule has 3 rings (SSSR count). The lowest BCUT2D eigenvalue weighted by molar-refractivity contribution is -0.239. The second-order valence-electron chi connectivity index (χ2n) is 6.32. The lowest BCUT2D eigenvalue weighted by Crippen LogP contribution is -2.76. The third-order valence-electron chi connectivity index (χ3n) is 5.28. The van der Waals surface area contributed by atoms with Gasteiger partial charge in [0.25, 0.3) is 0 Å². The molecule has 0 bridgehead atoms. The molecule has 2 heterocycles. The fourth-order valence-corrected chi connectivity index (χ4v) is 4.03. The SMILES string of the molecule is COc1ccc(CN2C(=O)[C@H](CCCl)[C@]3(C)OC(=O)[C@]23CO)cc1. The van der Waals surface area contributed by atoms with Crippen molar-refractivity contribution in [1.29, 1.82) is 0 Å². The maximum atomic E-state index is 12.9. The highest BCUT2D eigenvalue weighted by Gasteiger charge is 2.79. The maximum absolute atomic E-state index is 12.9. The zero-order chi connectivity index (χ0) is 17.5. The number of aliphatic hydroxyl groups excluding tert-OH is 1. The van der Waals surface area contributed by atoms with E-state index in [-0.39, 0.29) is 18.3 Å². The summed E-state index contributed by atoms with van der Waals surface area (Å²) in [4.78, 5) is 26.6. The van der Waals surface area contributed by atoms with Crippen molar-refractivity contribution in [2.45, 2.75) is 31.0 Å². The van der Waals surface area contributed by atoms with Crippen LogP contribution in [-0.2, 0) is 20.9 Å². The van der Waals surface area contributed by atoms with E-state index in [0.29, 0.717) is 12.2 Å². The molecule has 3 atom stereocenters. The average molecular weight is 354 g/mol. The van der Waals surface area contributed by atoms with Crippen molar-refractivity contribution in [3.05, 3.63) is 29.8 Å². The number of hydrogen-bond donors (Lipinski definition) is 1. The molecule has 2 saturated heterocycles. The van der Waals surface area contributed by atoms with Crippen LogP contribution in [-0.4, -0.2) is 52.6 Å². The van der Waals surface area contributed by atoms with Gasteiger partial charge in [0.1, 0.15) is 5.75 Å². The van der Waals surface area contributed by atoms with Gasteiger partial charge in [0.2, 0.25) is 11.4 Å². The van der Waals surface area contributed by atoms with E-state index in [1.54, 1.807) is 26.2 Å². The van der Waals surface area contributed by atoms with Crippen molar-refractivity contribution in [2.24, 2.45) is 5.92 Å². The average Bonchev–Trinajstić information content (AvgIpc) is 2.71. The Morgan fingerprint density at radius 1 is 1.33 bits per heavy atom. The smallest absolute Gasteiger partial charge is 0.339 e. The minimum atomic E-state index is -1.33. The Hall–Kier alpha value is -1.79. The first kappa shape index (κ1) is 17.0. The zero-order valence-electron chi connectivity index (χ0n) is 13.6. The molecule has 0 saturated carbocycles. The number of esters is 1. The standard InChI is InChI=1S/C17H20ClNO5/c1-16-13(7-8-18)14(21)19(17(16,10-20)15(22)24-16)9-11-3-5-12(23-2)6-4-11/h3-6,13,20H,7-10H2,1-2H3/t13-,16-,17-/m0/s1. The molecule has 0 unspecified atom stereocenters. The van der Waals surface area contributed by atoms with E-state index < -0.39 is 29.6 Å². The summed E-state index contributed by atoms with van der Waals surface area (Å²) in [6.07, 6.45) is 0.394. The first-order chi connectivity index (χ1) is 11.4. The first-order valence-corrected chi connectivity index (χ1v) is 8.32. The van der Waals surface area contributed by atoms with E-state index in [2.05, 4.69) is 0 Å². The number of ether oxygens (including phenoxy) is 2. The van der Waals surface area contributed by atoms with E-state index in [1.807, 2.05) is 12.1 Å². The van der Waals surface area contributed by atoms with Gasteiger partial charge in [-0.2, -0.15) is 0 Å². The lowest BCUT2D eigenvalue weighted by Gasteiger charge is -2.53. The van der Waals surface area contributed by atoms with Crippen LogP contribution < -0.4 is 4.74 Å². The van der Waals surface area contributed by atoms with E-state index in [1.165, 1.54) is 4.90 Å². The number of carbonyl (C=O) groups excluding carboxylic acids is 2. The Kier molecular flexibility index (Phi) is 4.21. The summed E-state index contributed by atoms with van der Waals surface area (Å²) >= 11 is 5.82. The third kappa shape index (κ3) is 2.06. The first-order valence-electron chi connectivity index (χ1n) is 7.79. The summed E-state index contributed by atoms with van der Waals surface area (Å²) in [6, 6.07) is 7.23. The highest BCUT2D eigenvalue weighted by molar-refractivity contribution is 6.18. The monoisotopic (exact) mass is 353 g/mol. The van der Waals surface area contributed by atoms with Crippen LogP contribution in [0.5, 0.6) is 5.75 Å². The topological polar surface area (TPSA) is 76.1 Å². The minimum absolute atomic E-state index is 0.214. The van der Waals surface area contributed by atoms with Gasteiger partial charge in [-0.1, -0.05) is 12.1 Å². The molecule has 2 aliphatic heterocycles. The normalized spacial score (nSPS) is 31.5. The molecule has 2 aliphatic rings. The Balaban J connectivity index is 1.95. The van der Waals surface area contributed by atoms with Gasteiger partial charge in [0.15, 0.2) is 5.60 Å². The van der Waals surface area contributed by atoms with Crippen molar-refractivity contribution in [3.63, 3.8) is 0 Å². The molecule has 2 fully saturated rings. The molecule has 1 amide bonds. The molecule has 7 heteroatoms. The van der Waals surface area contributed by atoms with Crippen LogP contribution >= 0.6 is 11.6 Å². The quantitative estimate of drug-likeness (QED) is 0.616. The highest BCUT2D eigenvalue weighted by atomic mass is 35.5. The molecule has 0 aromatic heterocycles. The molecule has 0 spiro atoms. The molecular weight excluding hydrogens is 334 g/mol. The van der Waals surface area contributed by atoms with Crippen LogP contribution in [0.15, 0.2) is 24.3 Å². The highest BCUT2D eigenvalue weighted by Crippen LogP contribution is 2.55. The molecule has 6 nitrogen and oxygen atoms in total. The van der Waals surface area contributed by atoms with Gasteiger partial charge in [-0.3, -0.25) is 4.79 Å². The van der Waals surface area contributed by atoms with Gasteiger partial charge in [0.05, 0.1) is 19.6 Å². The molecular formula is C17H20ClNO5. The number of methoxy groups -OCH3 is 1. The van der Waals surface area contributed by atoms with Crippen LogP contribution in [0.2, 0.25) is 0 Å². The van der Waals surface area contributed by atoms with Gasteiger partial charge in [-0.05, 0) is 31.0 Å². The van der Waals surface area contributed by atoms with Crippen LogP contribution in [0.1, 0.15) is 18.9 Å². The number of alkyl halides is 1. The number of amides is 1. The third-order valence-corrected chi connectivity index (χ3v) is 5.50. The predicted molar refractivity (Wildman–Crippen MR) is 86.7 cm³/mol. The number of halogens is 1. The van der Waals surface area contributed by atoms with Crippen molar-refractivity contribution in [1.82, 2.24) is 4.90 Å². The number of hydrogen-bond acceptors (Lipinski definition) is 5. The second kappa shape index (κ2) is 5.93. The fraction of sp³-hybridized carbons (Fsp3) is 0.529. The number of fused-ring (bicyclic) bond motifs is 1. The van der Waals surface area contributed by atoms with Crippen LogP contribution in [0.3, 0.4) is 0 Å². The molecule has 130 valence electrons. The summed E-state index contributed by atoms with van der Waals surface area (Å²) in [5, 5.41) is 9.97. The van der Waals surface area contributed by atoms with Gasteiger partial charge in [0, 0.05) is 12.4 Å². The van der Waals surface area contributed by atoms with Gasteiger partial charge in [-0.25, -0.2) is 4.79 Å².